The monoisotopic (exact) mass is 365 g/mol. The molecule has 0 unspecified atom stereocenters. The summed E-state index contributed by atoms with van der Waals surface area (Å²) in [6, 6.07) is 12.1. The molecule has 0 heterocycles. The van der Waals surface area contributed by atoms with Crippen LogP contribution in [0, 0.1) is 0 Å². The summed E-state index contributed by atoms with van der Waals surface area (Å²) >= 11 is 5.99. The molecule has 0 saturated heterocycles. The first kappa shape index (κ1) is 18.9. The first-order valence-corrected chi connectivity index (χ1v) is 7.98. The third kappa shape index (κ3) is 5.85. The van der Waals surface area contributed by atoms with Crippen LogP contribution in [0.15, 0.2) is 42.5 Å². The highest BCUT2D eigenvalue weighted by molar-refractivity contribution is 6.31. The first-order chi connectivity index (χ1) is 12.1. The second-order valence-electron chi connectivity index (χ2n) is 4.97. The van der Waals surface area contributed by atoms with Gasteiger partial charge in [0.25, 0.3) is 5.91 Å². The number of rotatable bonds is 9. The Kier molecular flexibility index (Phi) is 7.37. The summed E-state index contributed by atoms with van der Waals surface area (Å²) in [5.74, 6) is 1.21. The van der Waals surface area contributed by atoms with Gasteiger partial charge in [-0.15, -0.1) is 0 Å². The van der Waals surface area contributed by atoms with Crippen molar-refractivity contribution in [2.45, 2.75) is 0 Å². The summed E-state index contributed by atoms with van der Waals surface area (Å²) in [6.07, 6.45) is 0. The Hall–Kier alpha value is -2.44. The van der Waals surface area contributed by atoms with E-state index in [4.69, 9.17) is 30.5 Å². The van der Waals surface area contributed by atoms with E-state index in [9.17, 15) is 4.79 Å². The molecule has 0 aliphatic heterocycles. The van der Waals surface area contributed by atoms with Crippen molar-refractivity contribution in [2.24, 2.45) is 0 Å². The molecule has 0 spiro atoms. The van der Waals surface area contributed by atoms with Gasteiger partial charge in [-0.05, 0) is 30.3 Å². The molecule has 0 fully saturated rings. The van der Waals surface area contributed by atoms with Gasteiger partial charge < -0.3 is 24.3 Å². The third-order valence-corrected chi connectivity index (χ3v) is 3.42. The smallest absolute Gasteiger partial charge is 0.262 e. The molecule has 7 heteroatoms. The van der Waals surface area contributed by atoms with Crippen LogP contribution in [0.4, 0.5) is 5.69 Å². The zero-order valence-corrected chi connectivity index (χ0v) is 14.8. The lowest BCUT2D eigenvalue weighted by Crippen LogP contribution is -2.21. The molecule has 2 aromatic carbocycles. The summed E-state index contributed by atoms with van der Waals surface area (Å²) < 4.78 is 21.2. The van der Waals surface area contributed by atoms with Crippen LogP contribution in [0.3, 0.4) is 0 Å². The fourth-order valence-corrected chi connectivity index (χ4v) is 2.20. The molecule has 0 aliphatic carbocycles. The largest absolute Gasteiger partial charge is 0.493 e. The van der Waals surface area contributed by atoms with Crippen LogP contribution in [0.2, 0.25) is 5.02 Å². The second kappa shape index (κ2) is 9.76. The van der Waals surface area contributed by atoms with E-state index in [2.05, 4.69) is 5.32 Å². The van der Waals surface area contributed by atoms with E-state index in [-0.39, 0.29) is 12.5 Å². The molecular weight excluding hydrogens is 346 g/mol. The lowest BCUT2D eigenvalue weighted by Gasteiger charge is -2.14. The van der Waals surface area contributed by atoms with Crippen molar-refractivity contribution in [3.8, 4) is 17.2 Å². The topological polar surface area (TPSA) is 66.0 Å². The number of para-hydroxylation sites is 2. The van der Waals surface area contributed by atoms with E-state index in [0.29, 0.717) is 41.2 Å². The van der Waals surface area contributed by atoms with Crippen molar-refractivity contribution in [1.82, 2.24) is 0 Å². The van der Waals surface area contributed by atoms with Crippen molar-refractivity contribution < 1.29 is 23.7 Å². The first-order valence-electron chi connectivity index (χ1n) is 7.61. The van der Waals surface area contributed by atoms with Gasteiger partial charge in [0.15, 0.2) is 18.1 Å². The molecule has 0 aliphatic rings. The van der Waals surface area contributed by atoms with Crippen LogP contribution in [0.1, 0.15) is 0 Å². The Balaban J connectivity index is 1.98. The van der Waals surface area contributed by atoms with Gasteiger partial charge in [-0.2, -0.15) is 0 Å². The second-order valence-corrected chi connectivity index (χ2v) is 5.41. The Labute approximate surface area is 151 Å². The maximum absolute atomic E-state index is 12.2. The van der Waals surface area contributed by atoms with Crippen molar-refractivity contribution >= 4 is 23.2 Å². The number of anilines is 1. The third-order valence-electron chi connectivity index (χ3n) is 3.19. The summed E-state index contributed by atoms with van der Waals surface area (Å²) in [4.78, 5) is 12.2. The Morgan fingerprint density at radius 3 is 2.48 bits per heavy atom. The molecule has 6 nitrogen and oxygen atoms in total. The van der Waals surface area contributed by atoms with Crippen LogP contribution in [0.5, 0.6) is 17.2 Å². The van der Waals surface area contributed by atoms with Gasteiger partial charge in [0.1, 0.15) is 12.4 Å². The number of nitrogens with one attached hydrogen (secondary N) is 1. The average molecular weight is 366 g/mol. The maximum atomic E-state index is 12.2. The van der Waals surface area contributed by atoms with Crippen molar-refractivity contribution in [3.63, 3.8) is 0 Å². The standard InChI is InChI=1S/C18H20ClNO5/c1-22-9-10-24-15-8-7-13(19)11-14(15)20-18(21)12-25-17-6-4-3-5-16(17)23-2/h3-8,11H,9-10,12H2,1-2H3,(H,20,21). The molecule has 134 valence electrons. The minimum Gasteiger partial charge on any atom is -0.493 e. The number of methoxy groups -OCH3 is 2. The van der Waals surface area contributed by atoms with Gasteiger partial charge in [-0.25, -0.2) is 0 Å². The summed E-state index contributed by atoms with van der Waals surface area (Å²) in [5, 5.41) is 3.22. The molecule has 2 rings (SSSR count). The maximum Gasteiger partial charge on any atom is 0.262 e. The molecule has 1 N–H and O–H groups in total. The SMILES string of the molecule is COCCOc1ccc(Cl)cc1NC(=O)COc1ccccc1OC. The van der Waals surface area contributed by atoms with Crippen molar-refractivity contribution in [1.29, 1.82) is 0 Å². The molecule has 0 atom stereocenters. The number of carbonyl (C=O) groups is 1. The van der Waals surface area contributed by atoms with Crippen LogP contribution in [0.25, 0.3) is 0 Å². The quantitative estimate of drug-likeness (QED) is 0.690. The predicted molar refractivity (Wildman–Crippen MR) is 95.9 cm³/mol. The number of hydrogen-bond donors (Lipinski definition) is 1. The van der Waals surface area contributed by atoms with Crippen LogP contribution < -0.4 is 19.5 Å². The molecule has 0 aromatic heterocycles. The summed E-state index contributed by atoms with van der Waals surface area (Å²) in [5.41, 5.74) is 0.470. The minimum absolute atomic E-state index is 0.176. The number of carbonyl (C=O) groups excluding carboxylic acids is 1. The number of ether oxygens (including phenoxy) is 4. The molecule has 0 radical (unpaired) electrons. The fraction of sp³-hybridized carbons (Fsp3) is 0.278. The highest BCUT2D eigenvalue weighted by atomic mass is 35.5. The van der Waals surface area contributed by atoms with E-state index in [1.807, 2.05) is 6.07 Å². The van der Waals surface area contributed by atoms with Gasteiger partial charge in [-0.1, -0.05) is 23.7 Å². The summed E-state index contributed by atoms with van der Waals surface area (Å²) in [7, 11) is 3.13. The van der Waals surface area contributed by atoms with Gasteiger partial charge in [0.05, 0.1) is 19.4 Å². The fourth-order valence-electron chi connectivity index (χ4n) is 2.03. The number of amides is 1. The Morgan fingerprint density at radius 2 is 1.76 bits per heavy atom. The van der Waals surface area contributed by atoms with Gasteiger partial charge in [-0.3, -0.25) is 4.79 Å². The molecule has 0 saturated carbocycles. The highest BCUT2D eigenvalue weighted by Crippen LogP contribution is 2.29. The highest BCUT2D eigenvalue weighted by Gasteiger charge is 2.11. The predicted octanol–water partition coefficient (Wildman–Crippen LogP) is 3.39. The van der Waals surface area contributed by atoms with E-state index < -0.39 is 0 Å². The normalized spacial score (nSPS) is 10.2. The number of hydrogen-bond acceptors (Lipinski definition) is 5. The lowest BCUT2D eigenvalue weighted by atomic mass is 10.3. The molecular formula is C18H20ClNO5. The zero-order valence-electron chi connectivity index (χ0n) is 14.1. The van der Waals surface area contributed by atoms with E-state index in [1.54, 1.807) is 43.5 Å². The zero-order chi connectivity index (χ0) is 18.1. The minimum atomic E-state index is -0.343. The van der Waals surface area contributed by atoms with E-state index in [1.165, 1.54) is 7.11 Å². The van der Waals surface area contributed by atoms with E-state index >= 15 is 0 Å². The Morgan fingerprint density at radius 1 is 1.00 bits per heavy atom. The molecule has 2 aromatic rings. The van der Waals surface area contributed by atoms with Crippen molar-refractivity contribution in [3.05, 3.63) is 47.5 Å². The van der Waals surface area contributed by atoms with Crippen LogP contribution >= 0.6 is 11.6 Å². The average Bonchev–Trinajstić information content (AvgIpc) is 2.62. The van der Waals surface area contributed by atoms with Crippen LogP contribution in [-0.2, 0) is 9.53 Å². The van der Waals surface area contributed by atoms with Gasteiger partial charge in [0.2, 0.25) is 0 Å². The Bertz CT molecular complexity index is 708. The summed E-state index contributed by atoms with van der Waals surface area (Å²) in [6.45, 7) is 0.621. The number of halogens is 1. The van der Waals surface area contributed by atoms with Gasteiger partial charge >= 0.3 is 0 Å². The lowest BCUT2D eigenvalue weighted by molar-refractivity contribution is -0.118. The molecule has 25 heavy (non-hydrogen) atoms. The van der Waals surface area contributed by atoms with Crippen molar-refractivity contribution in [2.75, 3.05) is 39.4 Å². The van der Waals surface area contributed by atoms with E-state index in [0.717, 1.165) is 0 Å². The van der Waals surface area contributed by atoms with Gasteiger partial charge in [0, 0.05) is 12.1 Å². The number of benzene rings is 2. The molecule has 0 bridgehead atoms. The van der Waals surface area contributed by atoms with Crippen LogP contribution in [-0.4, -0.2) is 39.9 Å². The molecule has 1 amide bonds.